The van der Waals surface area contributed by atoms with Gasteiger partial charge < -0.3 is 4.74 Å². The van der Waals surface area contributed by atoms with Crippen LogP contribution in [0.25, 0.3) is 0 Å². The zero-order valence-electron chi connectivity index (χ0n) is 11.5. The van der Waals surface area contributed by atoms with Gasteiger partial charge in [-0.15, -0.1) is 0 Å². The third-order valence-electron chi connectivity index (χ3n) is 3.60. The minimum absolute atomic E-state index is 0.271. The van der Waals surface area contributed by atoms with Crippen molar-refractivity contribution >= 4 is 0 Å². The third-order valence-corrected chi connectivity index (χ3v) is 3.60. The molecule has 98 valence electrons. The van der Waals surface area contributed by atoms with E-state index in [2.05, 4.69) is 32.2 Å². The number of nitriles is 1. The van der Waals surface area contributed by atoms with Crippen LogP contribution < -0.4 is 5.32 Å². The van der Waals surface area contributed by atoms with Crippen molar-refractivity contribution in [2.75, 3.05) is 13.2 Å². The molecule has 1 rings (SSSR count). The SMILES string of the molecule is CCCC(C)COC1CCC(C#N)(NCC)C1. The Morgan fingerprint density at radius 3 is 2.88 bits per heavy atom. The molecule has 1 saturated carbocycles. The second-order valence-corrected chi connectivity index (χ2v) is 5.32. The lowest BCUT2D eigenvalue weighted by Gasteiger charge is -2.22. The van der Waals surface area contributed by atoms with Crippen LogP contribution in [0.15, 0.2) is 0 Å². The van der Waals surface area contributed by atoms with Crippen LogP contribution in [0.4, 0.5) is 0 Å². The maximum Gasteiger partial charge on any atom is 0.109 e. The number of hydrogen-bond acceptors (Lipinski definition) is 3. The Morgan fingerprint density at radius 1 is 1.53 bits per heavy atom. The molecule has 1 aliphatic carbocycles. The molecule has 3 heteroatoms. The van der Waals surface area contributed by atoms with Gasteiger partial charge >= 0.3 is 0 Å². The van der Waals surface area contributed by atoms with E-state index in [1.54, 1.807) is 0 Å². The Kier molecular flexibility index (Phi) is 5.94. The quantitative estimate of drug-likeness (QED) is 0.741. The first-order valence-corrected chi connectivity index (χ1v) is 6.93. The highest BCUT2D eigenvalue weighted by Gasteiger charge is 2.39. The molecular weight excluding hydrogens is 212 g/mol. The lowest BCUT2D eigenvalue weighted by Crippen LogP contribution is -2.41. The molecule has 1 aliphatic rings. The first-order chi connectivity index (χ1) is 8.15. The maximum atomic E-state index is 9.26. The van der Waals surface area contributed by atoms with Gasteiger partial charge in [-0.3, -0.25) is 5.32 Å². The fourth-order valence-corrected chi connectivity index (χ4v) is 2.66. The molecule has 3 unspecified atom stereocenters. The molecule has 0 radical (unpaired) electrons. The second kappa shape index (κ2) is 6.98. The van der Waals surface area contributed by atoms with Crippen LogP contribution in [0.2, 0.25) is 0 Å². The molecule has 3 atom stereocenters. The van der Waals surface area contributed by atoms with Crippen molar-refractivity contribution in [3.63, 3.8) is 0 Å². The van der Waals surface area contributed by atoms with E-state index < -0.39 is 0 Å². The highest BCUT2D eigenvalue weighted by atomic mass is 16.5. The predicted molar refractivity (Wildman–Crippen MR) is 69.7 cm³/mol. The van der Waals surface area contributed by atoms with Crippen LogP contribution in [0.1, 0.15) is 52.9 Å². The van der Waals surface area contributed by atoms with Crippen LogP contribution >= 0.6 is 0 Å². The van der Waals surface area contributed by atoms with Gasteiger partial charge in [-0.25, -0.2) is 0 Å². The summed E-state index contributed by atoms with van der Waals surface area (Å²) in [6, 6.07) is 2.43. The summed E-state index contributed by atoms with van der Waals surface area (Å²) in [5.41, 5.74) is -0.326. The molecule has 0 aromatic carbocycles. The molecule has 0 spiro atoms. The number of nitrogens with zero attached hydrogens (tertiary/aromatic N) is 1. The lowest BCUT2D eigenvalue weighted by atomic mass is 10.00. The molecule has 0 aliphatic heterocycles. The second-order valence-electron chi connectivity index (χ2n) is 5.32. The molecule has 0 aromatic heterocycles. The van der Waals surface area contributed by atoms with Crippen molar-refractivity contribution in [2.24, 2.45) is 5.92 Å². The number of hydrogen-bond donors (Lipinski definition) is 1. The van der Waals surface area contributed by atoms with E-state index in [1.165, 1.54) is 12.8 Å². The minimum atomic E-state index is -0.326. The minimum Gasteiger partial charge on any atom is -0.378 e. The summed E-state index contributed by atoms with van der Waals surface area (Å²) in [6.07, 6.45) is 5.49. The van der Waals surface area contributed by atoms with Gasteiger partial charge in [-0.1, -0.05) is 27.2 Å². The number of nitrogens with one attached hydrogen (secondary N) is 1. The van der Waals surface area contributed by atoms with E-state index in [9.17, 15) is 5.26 Å². The molecule has 17 heavy (non-hydrogen) atoms. The normalized spacial score (nSPS) is 30.1. The number of ether oxygens (including phenoxy) is 1. The van der Waals surface area contributed by atoms with Gasteiger partial charge in [0.1, 0.15) is 5.54 Å². The topological polar surface area (TPSA) is 45.0 Å². The van der Waals surface area contributed by atoms with E-state index in [0.717, 1.165) is 32.4 Å². The van der Waals surface area contributed by atoms with E-state index in [0.29, 0.717) is 5.92 Å². The Bertz CT molecular complexity index is 261. The fraction of sp³-hybridized carbons (Fsp3) is 0.929. The first kappa shape index (κ1) is 14.5. The predicted octanol–water partition coefficient (Wildman–Crippen LogP) is 2.86. The first-order valence-electron chi connectivity index (χ1n) is 6.93. The smallest absolute Gasteiger partial charge is 0.109 e. The molecule has 1 fully saturated rings. The summed E-state index contributed by atoms with van der Waals surface area (Å²) in [7, 11) is 0. The summed E-state index contributed by atoms with van der Waals surface area (Å²) in [5.74, 6) is 0.635. The molecule has 0 aromatic rings. The van der Waals surface area contributed by atoms with Crippen LogP contribution in [0.3, 0.4) is 0 Å². The van der Waals surface area contributed by atoms with Crippen LogP contribution in [-0.4, -0.2) is 24.8 Å². The largest absolute Gasteiger partial charge is 0.378 e. The molecule has 0 saturated heterocycles. The zero-order chi connectivity index (χ0) is 12.7. The van der Waals surface area contributed by atoms with Crippen LogP contribution in [-0.2, 0) is 4.74 Å². The van der Waals surface area contributed by atoms with Crippen molar-refractivity contribution in [3.8, 4) is 6.07 Å². The van der Waals surface area contributed by atoms with E-state index in [1.807, 2.05) is 0 Å². The summed E-state index contributed by atoms with van der Waals surface area (Å²) in [4.78, 5) is 0. The summed E-state index contributed by atoms with van der Waals surface area (Å²) < 4.78 is 5.93. The Balaban J connectivity index is 2.32. The van der Waals surface area contributed by atoms with Crippen molar-refractivity contribution in [1.82, 2.24) is 5.32 Å². The van der Waals surface area contributed by atoms with Gasteiger partial charge in [0.05, 0.1) is 12.2 Å². The number of rotatable bonds is 7. The van der Waals surface area contributed by atoms with E-state index >= 15 is 0 Å². The van der Waals surface area contributed by atoms with Crippen LogP contribution in [0.5, 0.6) is 0 Å². The summed E-state index contributed by atoms with van der Waals surface area (Å²) in [6.45, 7) is 8.19. The highest BCUT2D eigenvalue weighted by molar-refractivity contribution is 5.12. The Labute approximate surface area is 106 Å². The van der Waals surface area contributed by atoms with Crippen molar-refractivity contribution in [1.29, 1.82) is 5.26 Å². The summed E-state index contributed by atoms with van der Waals surface area (Å²) >= 11 is 0. The van der Waals surface area contributed by atoms with Crippen molar-refractivity contribution in [2.45, 2.75) is 64.5 Å². The third kappa shape index (κ3) is 4.29. The van der Waals surface area contributed by atoms with Gasteiger partial charge in [0.15, 0.2) is 0 Å². The Morgan fingerprint density at radius 2 is 2.29 bits per heavy atom. The average molecular weight is 238 g/mol. The maximum absolute atomic E-state index is 9.26. The van der Waals surface area contributed by atoms with Gasteiger partial charge in [0.25, 0.3) is 0 Å². The molecule has 0 bridgehead atoms. The van der Waals surface area contributed by atoms with E-state index in [-0.39, 0.29) is 11.6 Å². The van der Waals surface area contributed by atoms with E-state index in [4.69, 9.17) is 4.74 Å². The van der Waals surface area contributed by atoms with Gasteiger partial charge in [0.2, 0.25) is 0 Å². The summed E-state index contributed by atoms with van der Waals surface area (Å²) in [5, 5.41) is 12.6. The van der Waals surface area contributed by atoms with Gasteiger partial charge in [-0.05, 0) is 31.7 Å². The Hall–Kier alpha value is -0.590. The van der Waals surface area contributed by atoms with Gasteiger partial charge in [-0.2, -0.15) is 5.26 Å². The van der Waals surface area contributed by atoms with Crippen molar-refractivity contribution in [3.05, 3.63) is 0 Å². The molecule has 1 N–H and O–H groups in total. The van der Waals surface area contributed by atoms with Crippen molar-refractivity contribution < 1.29 is 4.74 Å². The fourth-order valence-electron chi connectivity index (χ4n) is 2.66. The van der Waals surface area contributed by atoms with Crippen LogP contribution in [0, 0.1) is 17.2 Å². The highest BCUT2D eigenvalue weighted by Crippen LogP contribution is 2.31. The molecule has 0 heterocycles. The lowest BCUT2D eigenvalue weighted by molar-refractivity contribution is 0.0322. The average Bonchev–Trinajstić information content (AvgIpc) is 2.72. The molecule has 0 amide bonds. The standard InChI is InChI=1S/C14H26N2O/c1-4-6-12(3)10-17-13-7-8-14(9-13,11-15)16-5-2/h12-13,16H,4-10H2,1-3H3. The zero-order valence-corrected chi connectivity index (χ0v) is 11.5. The monoisotopic (exact) mass is 238 g/mol. The molecular formula is C14H26N2O. The van der Waals surface area contributed by atoms with Gasteiger partial charge in [0, 0.05) is 13.0 Å². The molecule has 3 nitrogen and oxygen atoms in total.